The lowest BCUT2D eigenvalue weighted by Gasteiger charge is -2.11. The number of benzene rings is 3. The van der Waals surface area contributed by atoms with E-state index in [1.807, 2.05) is 72.8 Å². The van der Waals surface area contributed by atoms with Crippen molar-refractivity contribution in [1.29, 1.82) is 0 Å². The monoisotopic (exact) mass is 487 g/mol. The quantitative estimate of drug-likeness (QED) is 0.265. The number of ether oxygens (including phenoxy) is 2. The predicted octanol–water partition coefficient (Wildman–Crippen LogP) is 6.42. The van der Waals surface area contributed by atoms with Gasteiger partial charge in [0.15, 0.2) is 0 Å². The van der Waals surface area contributed by atoms with Gasteiger partial charge in [-0.25, -0.2) is 14.8 Å². The summed E-state index contributed by atoms with van der Waals surface area (Å²) in [6.45, 7) is 0.511. The van der Waals surface area contributed by atoms with E-state index in [0.717, 1.165) is 33.5 Å². The summed E-state index contributed by atoms with van der Waals surface area (Å²) >= 11 is 0. The van der Waals surface area contributed by atoms with Gasteiger partial charge in [0, 0.05) is 16.6 Å². The number of furan rings is 1. The summed E-state index contributed by atoms with van der Waals surface area (Å²) in [5, 5.41) is 4.17. The molecule has 0 aliphatic carbocycles. The number of hydrogen-bond donors (Lipinski definition) is 1. The van der Waals surface area contributed by atoms with Crippen LogP contribution in [0.1, 0.15) is 16.1 Å². The number of nitrogens with one attached hydrogen (secondary N) is 1. The average molecular weight is 488 g/mol. The molecule has 0 bridgehead atoms. The van der Waals surface area contributed by atoms with E-state index in [2.05, 4.69) is 15.3 Å². The van der Waals surface area contributed by atoms with Gasteiger partial charge in [0.1, 0.15) is 30.3 Å². The molecule has 3 aromatic carbocycles. The van der Waals surface area contributed by atoms with Gasteiger partial charge in [-0.1, -0.05) is 30.3 Å². The van der Waals surface area contributed by atoms with Crippen LogP contribution in [0.25, 0.3) is 22.2 Å². The number of anilines is 2. The van der Waals surface area contributed by atoms with Gasteiger partial charge in [-0.2, -0.15) is 0 Å². The summed E-state index contributed by atoms with van der Waals surface area (Å²) < 4.78 is 16.2. The van der Waals surface area contributed by atoms with Crippen molar-refractivity contribution in [2.24, 2.45) is 0 Å². The Balaban J connectivity index is 0.00000289. The molecule has 1 N–H and O–H groups in total. The van der Waals surface area contributed by atoms with Crippen LogP contribution in [0.5, 0.6) is 5.75 Å². The van der Waals surface area contributed by atoms with Crippen LogP contribution in [0.2, 0.25) is 0 Å². The van der Waals surface area contributed by atoms with Crippen molar-refractivity contribution in [3.63, 3.8) is 0 Å². The van der Waals surface area contributed by atoms with Gasteiger partial charge in [-0.05, 0) is 60.2 Å². The molecule has 2 heterocycles. The first kappa shape index (κ1) is 23.8. The summed E-state index contributed by atoms with van der Waals surface area (Å²) in [5.41, 5.74) is 3.56. The van der Waals surface area contributed by atoms with Crippen molar-refractivity contribution >= 4 is 40.8 Å². The molecule has 0 fully saturated rings. The molecule has 0 spiro atoms. The van der Waals surface area contributed by atoms with Crippen LogP contribution in [0.4, 0.5) is 11.5 Å². The van der Waals surface area contributed by atoms with Crippen molar-refractivity contribution in [3.8, 4) is 17.1 Å². The molecular formula is C27H22ClN3O4. The maximum absolute atomic E-state index is 11.7. The van der Waals surface area contributed by atoms with E-state index in [9.17, 15) is 4.79 Å². The van der Waals surface area contributed by atoms with Crippen molar-refractivity contribution < 1.29 is 18.7 Å². The lowest BCUT2D eigenvalue weighted by atomic mass is 10.1. The Labute approximate surface area is 208 Å². The molecule has 8 heteroatoms. The van der Waals surface area contributed by atoms with Gasteiger partial charge < -0.3 is 19.2 Å². The zero-order valence-corrected chi connectivity index (χ0v) is 19.6. The Kier molecular flexibility index (Phi) is 7.28. The Bertz CT molecular complexity index is 1440. The molecule has 5 aromatic rings. The van der Waals surface area contributed by atoms with Crippen molar-refractivity contribution in [2.75, 3.05) is 12.4 Å². The standard InChI is InChI=1S/C27H21N3O4.ClH/c1-32-27(31)25-14-13-24(34-25)19-7-12-23-22(15-19)26(29-17-28-23)30-20-8-10-21(11-9-20)33-16-18-5-3-2-4-6-18;/h2-15,17H,16H2,1H3,(H,28,29,30);1H. The van der Waals surface area contributed by atoms with Crippen molar-refractivity contribution in [2.45, 2.75) is 6.61 Å². The predicted molar refractivity (Wildman–Crippen MR) is 136 cm³/mol. The van der Waals surface area contributed by atoms with Crippen LogP contribution in [0, 0.1) is 0 Å². The highest BCUT2D eigenvalue weighted by Gasteiger charge is 2.14. The summed E-state index contributed by atoms with van der Waals surface area (Å²) in [7, 11) is 1.32. The normalized spacial score (nSPS) is 10.4. The second-order valence-electron chi connectivity index (χ2n) is 7.53. The first-order valence-electron chi connectivity index (χ1n) is 10.7. The molecule has 0 aliphatic heterocycles. The van der Waals surface area contributed by atoms with Crippen LogP contribution in [-0.4, -0.2) is 23.0 Å². The van der Waals surface area contributed by atoms with Crippen LogP contribution in [-0.2, 0) is 11.3 Å². The molecule has 35 heavy (non-hydrogen) atoms. The maximum Gasteiger partial charge on any atom is 0.373 e. The largest absolute Gasteiger partial charge is 0.489 e. The minimum atomic E-state index is -0.520. The molecule has 176 valence electrons. The van der Waals surface area contributed by atoms with Crippen LogP contribution < -0.4 is 10.1 Å². The molecule has 0 unspecified atom stereocenters. The molecule has 7 nitrogen and oxygen atoms in total. The van der Waals surface area contributed by atoms with E-state index in [1.54, 1.807) is 12.1 Å². The zero-order chi connectivity index (χ0) is 23.3. The number of halogens is 1. The van der Waals surface area contributed by atoms with Crippen LogP contribution in [0.3, 0.4) is 0 Å². The first-order valence-corrected chi connectivity index (χ1v) is 10.7. The molecule has 0 aliphatic rings. The van der Waals surface area contributed by atoms with E-state index in [0.29, 0.717) is 18.2 Å². The SMILES string of the molecule is COC(=O)c1ccc(-c2ccc3ncnc(Nc4ccc(OCc5ccccc5)cc4)c3c2)o1.Cl. The summed E-state index contributed by atoms with van der Waals surface area (Å²) in [4.78, 5) is 20.5. The Morgan fingerprint density at radius 1 is 0.943 bits per heavy atom. The fourth-order valence-corrected chi connectivity index (χ4v) is 3.52. The van der Waals surface area contributed by atoms with Crippen molar-refractivity contribution in [3.05, 3.63) is 103 Å². The average Bonchev–Trinajstić information content (AvgIpc) is 3.39. The Morgan fingerprint density at radius 3 is 2.51 bits per heavy atom. The minimum Gasteiger partial charge on any atom is -0.489 e. The van der Waals surface area contributed by atoms with Gasteiger partial charge in [0.2, 0.25) is 5.76 Å². The van der Waals surface area contributed by atoms with Gasteiger partial charge in [-0.15, -0.1) is 12.4 Å². The fraction of sp³-hybridized carbons (Fsp3) is 0.0741. The van der Waals surface area contributed by atoms with E-state index < -0.39 is 5.97 Å². The molecule has 0 atom stereocenters. The molecule has 0 amide bonds. The highest BCUT2D eigenvalue weighted by atomic mass is 35.5. The first-order chi connectivity index (χ1) is 16.7. The summed E-state index contributed by atoms with van der Waals surface area (Å²) in [6, 6.07) is 26.8. The third-order valence-electron chi connectivity index (χ3n) is 5.28. The zero-order valence-electron chi connectivity index (χ0n) is 18.8. The van der Waals surface area contributed by atoms with Gasteiger partial charge in [0.05, 0.1) is 12.6 Å². The molecule has 0 radical (unpaired) electrons. The highest BCUT2D eigenvalue weighted by molar-refractivity contribution is 5.94. The van der Waals surface area contributed by atoms with Crippen molar-refractivity contribution in [1.82, 2.24) is 9.97 Å². The van der Waals surface area contributed by atoms with Gasteiger partial charge in [0.25, 0.3) is 0 Å². The fourth-order valence-electron chi connectivity index (χ4n) is 3.52. The lowest BCUT2D eigenvalue weighted by Crippen LogP contribution is -1.98. The number of fused-ring (bicyclic) bond motifs is 1. The lowest BCUT2D eigenvalue weighted by molar-refractivity contribution is 0.0566. The maximum atomic E-state index is 11.7. The number of nitrogens with zero attached hydrogens (tertiary/aromatic N) is 2. The number of esters is 1. The summed E-state index contributed by atoms with van der Waals surface area (Å²) in [5.74, 6) is 1.62. The number of carbonyl (C=O) groups is 1. The number of carbonyl (C=O) groups excluding carboxylic acids is 1. The smallest absolute Gasteiger partial charge is 0.373 e. The Morgan fingerprint density at radius 2 is 1.74 bits per heavy atom. The molecule has 2 aromatic heterocycles. The van der Waals surface area contributed by atoms with E-state index in [-0.39, 0.29) is 18.2 Å². The van der Waals surface area contributed by atoms with Gasteiger partial charge >= 0.3 is 5.97 Å². The molecule has 5 rings (SSSR count). The molecular weight excluding hydrogens is 466 g/mol. The number of methoxy groups -OCH3 is 1. The minimum absolute atomic E-state index is 0. The molecule has 0 saturated heterocycles. The number of rotatable bonds is 7. The van der Waals surface area contributed by atoms with Gasteiger partial charge in [-0.3, -0.25) is 0 Å². The third-order valence-corrected chi connectivity index (χ3v) is 5.28. The number of hydrogen-bond acceptors (Lipinski definition) is 7. The van der Waals surface area contributed by atoms with E-state index in [4.69, 9.17) is 13.9 Å². The number of aromatic nitrogens is 2. The highest BCUT2D eigenvalue weighted by Crippen LogP contribution is 2.30. The van der Waals surface area contributed by atoms with Crippen LogP contribution in [0.15, 0.2) is 95.7 Å². The van der Waals surface area contributed by atoms with E-state index in [1.165, 1.54) is 13.4 Å². The third kappa shape index (κ3) is 5.42. The Hall–Kier alpha value is -4.36. The second kappa shape index (κ2) is 10.7. The molecule has 0 saturated carbocycles. The van der Waals surface area contributed by atoms with Crippen LogP contribution >= 0.6 is 12.4 Å². The second-order valence-corrected chi connectivity index (χ2v) is 7.53. The topological polar surface area (TPSA) is 86.5 Å². The van der Waals surface area contributed by atoms with E-state index >= 15 is 0 Å². The summed E-state index contributed by atoms with van der Waals surface area (Å²) in [6.07, 6.45) is 1.52.